The molecule has 0 saturated carbocycles. The first-order chi connectivity index (χ1) is 11.6. The number of carbonyl (C=O) groups excluding carboxylic acids is 1. The summed E-state index contributed by atoms with van der Waals surface area (Å²) in [7, 11) is 0. The fourth-order valence-electron chi connectivity index (χ4n) is 2.28. The molecule has 3 aromatic carbocycles. The van der Waals surface area contributed by atoms with Crippen LogP contribution in [-0.4, -0.2) is 5.91 Å². The molecule has 0 aliphatic heterocycles. The Kier molecular flexibility index (Phi) is 4.96. The molecule has 0 heterocycles. The van der Waals surface area contributed by atoms with Crippen molar-refractivity contribution < 1.29 is 9.53 Å². The predicted molar refractivity (Wildman–Crippen MR) is 99.8 cm³/mol. The Labute approximate surface area is 149 Å². The Morgan fingerprint density at radius 2 is 1.67 bits per heavy atom. The summed E-state index contributed by atoms with van der Waals surface area (Å²) in [5.74, 6) is 1.01. The summed E-state index contributed by atoms with van der Waals surface area (Å²) >= 11 is 3.46. The van der Waals surface area contributed by atoms with Gasteiger partial charge in [0.2, 0.25) is 0 Å². The number of rotatable bonds is 4. The maximum absolute atomic E-state index is 12.6. The molecule has 0 aliphatic carbocycles. The Balaban J connectivity index is 1.83. The molecule has 0 bridgehead atoms. The van der Waals surface area contributed by atoms with Gasteiger partial charge in [-0.3, -0.25) is 4.79 Å². The highest BCUT2D eigenvalue weighted by Crippen LogP contribution is 2.26. The minimum absolute atomic E-state index is 0.205. The van der Waals surface area contributed by atoms with Gasteiger partial charge in [-0.1, -0.05) is 46.3 Å². The number of nitrogens with one attached hydrogen (secondary N) is 1. The number of para-hydroxylation sites is 2. The molecule has 3 aromatic rings. The van der Waals surface area contributed by atoms with Crippen LogP contribution in [0.25, 0.3) is 0 Å². The van der Waals surface area contributed by atoms with Gasteiger partial charge in [0.1, 0.15) is 11.5 Å². The van der Waals surface area contributed by atoms with E-state index in [0.717, 1.165) is 15.7 Å². The van der Waals surface area contributed by atoms with Gasteiger partial charge in [0.05, 0.1) is 5.56 Å². The van der Waals surface area contributed by atoms with E-state index in [1.54, 1.807) is 12.1 Å². The van der Waals surface area contributed by atoms with Crippen molar-refractivity contribution in [2.45, 2.75) is 6.92 Å². The molecule has 0 fully saturated rings. The maximum Gasteiger partial charge on any atom is 0.259 e. The summed E-state index contributed by atoms with van der Waals surface area (Å²) in [6.07, 6.45) is 0. The number of benzene rings is 3. The third kappa shape index (κ3) is 3.84. The zero-order chi connectivity index (χ0) is 16.9. The second-order valence-corrected chi connectivity index (χ2v) is 6.18. The van der Waals surface area contributed by atoms with Crippen molar-refractivity contribution in [3.63, 3.8) is 0 Å². The number of hydrogen-bond donors (Lipinski definition) is 1. The van der Waals surface area contributed by atoms with E-state index in [-0.39, 0.29) is 5.91 Å². The van der Waals surface area contributed by atoms with Crippen molar-refractivity contribution in [3.8, 4) is 11.5 Å². The molecule has 3 rings (SSSR count). The molecule has 0 unspecified atom stereocenters. The number of ether oxygens (including phenoxy) is 1. The second-order valence-electron chi connectivity index (χ2n) is 5.33. The SMILES string of the molecule is Cc1cc(NC(=O)c2ccccc2Oc2ccccc2)ccc1Br. The van der Waals surface area contributed by atoms with Crippen LogP contribution >= 0.6 is 15.9 Å². The summed E-state index contributed by atoms with van der Waals surface area (Å²) in [5.41, 5.74) is 2.29. The molecule has 4 heteroatoms. The largest absolute Gasteiger partial charge is 0.457 e. The highest BCUT2D eigenvalue weighted by Gasteiger charge is 2.13. The van der Waals surface area contributed by atoms with Crippen LogP contribution < -0.4 is 10.1 Å². The Bertz CT molecular complexity index is 863. The third-order valence-corrected chi connectivity index (χ3v) is 4.41. The second kappa shape index (κ2) is 7.32. The van der Waals surface area contributed by atoms with Crippen LogP contribution in [0.2, 0.25) is 0 Å². The van der Waals surface area contributed by atoms with E-state index in [9.17, 15) is 4.79 Å². The van der Waals surface area contributed by atoms with Gasteiger partial charge in [0.25, 0.3) is 5.91 Å². The Morgan fingerprint density at radius 3 is 2.42 bits per heavy atom. The fourth-order valence-corrected chi connectivity index (χ4v) is 2.53. The van der Waals surface area contributed by atoms with Crippen LogP contribution in [0.3, 0.4) is 0 Å². The normalized spacial score (nSPS) is 10.2. The van der Waals surface area contributed by atoms with Crippen molar-refractivity contribution in [2.75, 3.05) is 5.32 Å². The average Bonchev–Trinajstić information content (AvgIpc) is 2.59. The molecule has 24 heavy (non-hydrogen) atoms. The fraction of sp³-hybridized carbons (Fsp3) is 0.0500. The first-order valence-corrected chi connectivity index (χ1v) is 8.32. The number of amides is 1. The molecule has 1 amide bonds. The lowest BCUT2D eigenvalue weighted by Gasteiger charge is -2.12. The number of aryl methyl sites for hydroxylation is 1. The average molecular weight is 382 g/mol. The standard InChI is InChI=1S/C20H16BrNO2/c1-14-13-15(11-12-18(14)21)22-20(23)17-9-5-6-10-19(17)24-16-7-3-2-4-8-16/h2-13H,1H3,(H,22,23). The summed E-state index contributed by atoms with van der Waals surface area (Å²) in [6.45, 7) is 1.98. The highest BCUT2D eigenvalue weighted by molar-refractivity contribution is 9.10. The molecule has 1 N–H and O–H groups in total. The molecule has 0 aromatic heterocycles. The van der Waals surface area contributed by atoms with Crippen LogP contribution in [0, 0.1) is 6.92 Å². The summed E-state index contributed by atoms with van der Waals surface area (Å²) < 4.78 is 6.85. The zero-order valence-corrected chi connectivity index (χ0v) is 14.7. The van der Waals surface area contributed by atoms with Crippen LogP contribution in [0.4, 0.5) is 5.69 Å². The van der Waals surface area contributed by atoms with E-state index >= 15 is 0 Å². The van der Waals surface area contributed by atoms with Gasteiger partial charge in [-0.05, 0) is 55.0 Å². The lowest BCUT2D eigenvalue weighted by atomic mass is 10.1. The lowest BCUT2D eigenvalue weighted by molar-refractivity contribution is 0.102. The predicted octanol–water partition coefficient (Wildman–Crippen LogP) is 5.80. The van der Waals surface area contributed by atoms with Gasteiger partial charge in [0, 0.05) is 10.2 Å². The monoisotopic (exact) mass is 381 g/mol. The molecule has 0 aliphatic rings. The molecule has 120 valence electrons. The minimum atomic E-state index is -0.205. The Morgan fingerprint density at radius 1 is 0.958 bits per heavy atom. The maximum atomic E-state index is 12.6. The van der Waals surface area contributed by atoms with Crippen molar-refractivity contribution >= 4 is 27.5 Å². The van der Waals surface area contributed by atoms with Crippen LogP contribution in [-0.2, 0) is 0 Å². The molecular weight excluding hydrogens is 366 g/mol. The van der Waals surface area contributed by atoms with E-state index in [0.29, 0.717) is 17.1 Å². The lowest BCUT2D eigenvalue weighted by Crippen LogP contribution is -2.13. The van der Waals surface area contributed by atoms with Crippen LogP contribution in [0.1, 0.15) is 15.9 Å². The van der Waals surface area contributed by atoms with Crippen molar-refractivity contribution in [1.29, 1.82) is 0 Å². The Hall–Kier alpha value is -2.59. The van der Waals surface area contributed by atoms with Gasteiger partial charge in [0.15, 0.2) is 0 Å². The van der Waals surface area contributed by atoms with Crippen molar-refractivity contribution in [2.24, 2.45) is 0 Å². The highest BCUT2D eigenvalue weighted by atomic mass is 79.9. The van der Waals surface area contributed by atoms with Gasteiger partial charge in [-0.25, -0.2) is 0 Å². The van der Waals surface area contributed by atoms with E-state index < -0.39 is 0 Å². The number of anilines is 1. The van der Waals surface area contributed by atoms with E-state index in [1.165, 1.54) is 0 Å². The zero-order valence-electron chi connectivity index (χ0n) is 13.1. The molecule has 0 saturated heterocycles. The topological polar surface area (TPSA) is 38.3 Å². The quantitative estimate of drug-likeness (QED) is 0.619. The van der Waals surface area contributed by atoms with E-state index in [4.69, 9.17) is 4.74 Å². The van der Waals surface area contributed by atoms with Crippen LogP contribution in [0.15, 0.2) is 77.3 Å². The first kappa shape index (κ1) is 16.3. The van der Waals surface area contributed by atoms with Gasteiger partial charge in [-0.15, -0.1) is 0 Å². The molecular formula is C20H16BrNO2. The van der Waals surface area contributed by atoms with Gasteiger partial charge >= 0.3 is 0 Å². The molecule has 0 spiro atoms. The number of carbonyl (C=O) groups is 1. The summed E-state index contributed by atoms with van der Waals surface area (Å²) in [5, 5.41) is 2.91. The molecule has 0 atom stereocenters. The molecule has 0 radical (unpaired) electrons. The first-order valence-electron chi connectivity index (χ1n) is 7.53. The van der Waals surface area contributed by atoms with E-state index in [2.05, 4.69) is 21.2 Å². The van der Waals surface area contributed by atoms with E-state index in [1.807, 2.05) is 67.6 Å². The van der Waals surface area contributed by atoms with Crippen molar-refractivity contribution in [3.05, 3.63) is 88.4 Å². The van der Waals surface area contributed by atoms with Gasteiger partial charge < -0.3 is 10.1 Å². The summed E-state index contributed by atoms with van der Waals surface area (Å²) in [6, 6.07) is 22.3. The minimum Gasteiger partial charge on any atom is -0.457 e. The molecule has 3 nitrogen and oxygen atoms in total. The third-order valence-electron chi connectivity index (χ3n) is 3.52. The smallest absolute Gasteiger partial charge is 0.259 e. The summed E-state index contributed by atoms with van der Waals surface area (Å²) in [4.78, 5) is 12.6. The van der Waals surface area contributed by atoms with Crippen LogP contribution in [0.5, 0.6) is 11.5 Å². The number of hydrogen-bond acceptors (Lipinski definition) is 2. The number of halogens is 1. The van der Waals surface area contributed by atoms with Crippen molar-refractivity contribution in [1.82, 2.24) is 0 Å². The van der Waals surface area contributed by atoms with Gasteiger partial charge in [-0.2, -0.15) is 0 Å².